The molecule has 2 aromatic carbocycles. The quantitative estimate of drug-likeness (QED) is 0.756. The summed E-state index contributed by atoms with van der Waals surface area (Å²) in [5.74, 6) is 0.0739. The summed E-state index contributed by atoms with van der Waals surface area (Å²) in [5, 5.41) is 13.2. The molecule has 2 N–H and O–H groups in total. The van der Waals surface area contributed by atoms with Gasteiger partial charge in [-0.3, -0.25) is 14.6 Å². The fourth-order valence-electron chi connectivity index (χ4n) is 3.85. The third-order valence-corrected chi connectivity index (χ3v) is 5.35. The van der Waals surface area contributed by atoms with Crippen molar-refractivity contribution in [2.24, 2.45) is 0 Å². The summed E-state index contributed by atoms with van der Waals surface area (Å²) < 4.78 is 0. The van der Waals surface area contributed by atoms with Crippen LogP contribution in [0.3, 0.4) is 0 Å². The Balaban J connectivity index is 1.88. The summed E-state index contributed by atoms with van der Waals surface area (Å²) in [6.07, 6.45) is 1.62. The fourth-order valence-corrected chi connectivity index (χ4v) is 3.85. The number of nitrogens with zero attached hydrogens (tertiary/aromatic N) is 2. The van der Waals surface area contributed by atoms with Crippen LogP contribution in [0.2, 0.25) is 0 Å². The van der Waals surface area contributed by atoms with Gasteiger partial charge < -0.3 is 10.4 Å². The number of rotatable bonds is 6. The van der Waals surface area contributed by atoms with Gasteiger partial charge in [-0.1, -0.05) is 36.4 Å². The van der Waals surface area contributed by atoms with Gasteiger partial charge in [0.2, 0.25) is 0 Å². The Morgan fingerprint density at radius 3 is 2.61 bits per heavy atom. The lowest BCUT2D eigenvalue weighted by Gasteiger charge is -2.47. The number of aromatic hydroxyl groups is 1. The van der Waals surface area contributed by atoms with Gasteiger partial charge in [0.05, 0.1) is 0 Å². The van der Waals surface area contributed by atoms with E-state index in [9.17, 15) is 9.90 Å². The van der Waals surface area contributed by atoms with Crippen LogP contribution in [-0.2, 0) is 0 Å². The molecule has 5 heteroatoms. The van der Waals surface area contributed by atoms with Gasteiger partial charge in [0.15, 0.2) is 0 Å². The number of carbonyl (C=O) groups excluding carboxylic acids is 1. The van der Waals surface area contributed by atoms with Crippen molar-refractivity contribution in [2.45, 2.75) is 32.1 Å². The minimum Gasteiger partial charge on any atom is -0.508 e. The van der Waals surface area contributed by atoms with Crippen LogP contribution in [0.15, 0.2) is 67.3 Å². The number of hydrogen-bond donors (Lipinski definition) is 2. The molecular weight excluding hydrogens is 350 g/mol. The molecule has 3 atom stereocenters. The first-order valence-electron chi connectivity index (χ1n) is 9.75. The highest BCUT2D eigenvalue weighted by molar-refractivity contribution is 5.94. The second-order valence-electron chi connectivity index (χ2n) is 7.47. The highest BCUT2D eigenvalue weighted by atomic mass is 16.3. The summed E-state index contributed by atoms with van der Waals surface area (Å²) >= 11 is 0. The molecule has 1 amide bonds. The Morgan fingerprint density at radius 1 is 1.18 bits per heavy atom. The fraction of sp³-hybridized carbons (Fsp3) is 0.348. The average molecular weight is 380 g/mol. The van der Waals surface area contributed by atoms with Gasteiger partial charge in [-0.15, -0.1) is 6.58 Å². The molecule has 5 nitrogen and oxygen atoms in total. The van der Waals surface area contributed by atoms with Crippen LogP contribution in [0, 0.1) is 0 Å². The lowest BCUT2D eigenvalue weighted by Crippen LogP contribution is -2.59. The molecule has 1 aliphatic rings. The maximum Gasteiger partial charge on any atom is 0.252 e. The lowest BCUT2D eigenvalue weighted by molar-refractivity contribution is 0.00964. The zero-order chi connectivity index (χ0) is 20.1. The van der Waals surface area contributed by atoms with Crippen molar-refractivity contribution in [1.82, 2.24) is 15.1 Å². The number of hydrogen-bond acceptors (Lipinski definition) is 4. The van der Waals surface area contributed by atoms with E-state index in [4.69, 9.17) is 0 Å². The summed E-state index contributed by atoms with van der Waals surface area (Å²) in [4.78, 5) is 17.6. The van der Waals surface area contributed by atoms with Crippen molar-refractivity contribution in [2.75, 3.05) is 19.6 Å². The molecule has 0 aromatic heterocycles. The average Bonchev–Trinajstić information content (AvgIpc) is 2.69. The molecule has 0 saturated carbocycles. The molecule has 0 spiro atoms. The van der Waals surface area contributed by atoms with Gasteiger partial charge >= 0.3 is 0 Å². The van der Waals surface area contributed by atoms with Crippen molar-refractivity contribution in [3.63, 3.8) is 0 Å². The van der Waals surface area contributed by atoms with Gasteiger partial charge in [-0.2, -0.15) is 0 Å². The Morgan fingerprint density at radius 2 is 1.93 bits per heavy atom. The Bertz CT molecular complexity index is 809. The molecule has 3 rings (SSSR count). The van der Waals surface area contributed by atoms with E-state index in [1.54, 1.807) is 12.1 Å². The van der Waals surface area contributed by atoms with Crippen molar-refractivity contribution < 1.29 is 9.90 Å². The molecule has 0 unspecified atom stereocenters. The first-order chi connectivity index (χ1) is 13.5. The molecule has 1 heterocycles. The topological polar surface area (TPSA) is 55.8 Å². The highest BCUT2D eigenvalue weighted by Crippen LogP contribution is 2.28. The molecule has 1 fully saturated rings. The van der Waals surface area contributed by atoms with E-state index in [0.717, 1.165) is 25.2 Å². The predicted octanol–water partition coefficient (Wildman–Crippen LogP) is 3.40. The molecule has 148 valence electrons. The van der Waals surface area contributed by atoms with E-state index in [0.29, 0.717) is 11.6 Å². The third-order valence-electron chi connectivity index (χ3n) is 5.35. The first-order valence-corrected chi connectivity index (χ1v) is 9.75. The van der Waals surface area contributed by atoms with Crippen LogP contribution in [0.4, 0.5) is 0 Å². The minimum atomic E-state index is -0.317. The number of amides is 1. The molecule has 2 aromatic rings. The van der Waals surface area contributed by atoms with Crippen molar-refractivity contribution in [1.29, 1.82) is 0 Å². The van der Waals surface area contributed by atoms with E-state index < -0.39 is 0 Å². The molecule has 0 aliphatic carbocycles. The maximum absolute atomic E-state index is 12.9. The van der Waals surface area contributed by atoms with Crippen molar-refractivity contribution >= 4 is 5.91 Å². The highest BCUT2D eigenvalue weighted by Gasteiger charge is 2.34. The van der Waals surface area contributed by atoms with Crippen molar-refractivity contribution in [3.8, 4) is 5.75 Å². The maximum atomic E-state index is 12.9. The van der Waals surface area contributed by atoms with Crippen molar-refractivity contribution in [3.05, 3.63) is 78.4 Å². The lowest BCUT2D eigenvalue weighted by atomic mass is 10.0. The van der Waals surface area contributed by atoms with Gasteiger partial charge in [-0.05, 0) is 43.7 Å². The van der Waals surface area contributed by atoms with Crippen LogP contribution < -0.4 is 5.32 Å². The van der Waals surface area contributed by atoms with Crippen LogP contribution in [0.25, 0.3) is 0 Å². The summed E-state index contributed by atoms with van der Waals surface area (Å²) in [6.45, 7) is 10.8. The molecule has 0 bridgehead atoms. The summed E-state index contributed by atoms with van der Waals surface area (Å²) in [5.41, 5.74) is 1.50. The standard InChI is InChI=1S/C23H29N3O2/c1-4-13-25-15-18(3)26(16-17(25)2)22(20-11-8-12-21(27)14-20)24-23(28)19-9-6-5-7-10-19/h4-12,14,17-18,22,27H,1,13,15-16H2,2-3H3,(H,24,28)/t17-,18+,22-/m1/s1. The second kappa shape index (κ2) is 9.04. The molecule has 1 aliphatic heterocycles. The largest absolute Gasteiger partial charge is 0.508 e. The Hall–Kier alpha value is -2.63. The number of piperazine rings is 1. The zero-order valence-corrected chi connectivity index (χ0v) is 16.6. The Labute approximate surface area is 167 Å². The minimum absolute atomic E-state index is 0.123. The molecular formula is C23H29N3O2. The van der Waals surface area contributed by atoms with E-state index in [1.807, 2.05) is 48.5 Å². The molecule has 0 radical (unpaired) electrons. The van der Waals surface area contributed by atoms with Gasteiger partial charge in [0.1, 0.15) is 11.9 Å². The molecule has 1 saturated heterocycles. The van der Waals surface area contributed by atoms with E-state index >= 15 is 0 Å². The van der Waals surface area contributed by atoms with Gasteiger partial charge in [-0.25, -0.2) is 0 Å². The predicted molar refractivity (Wildman–Crippen MR) is 112 cm³/mol. The molecule has 28 heavy (non-hydrogen) atoms. The first kappa shape index (κ1) is 20.1. The number of carbonyl (C=O) groups is 1. The second-order valence-corrected chi connectivity index (χ2v) is 7.47. The van der Waals surface area contributed by atoms with Crippen LogP contribution in [-0.4, -0.2) is 52.5 Å². The number of phenolic OH excluding ortho intramolecular Hbond substituents is 1. The number of benzene rings is 2. The number of nitrogens with one attached hydrogen (secondary N) is 1. The van der Waals surface area contributed by atoms with E-state index in [-0.39, 0.29) is 23.9 Å². The normalized spacial score (nSPS) is 21.8. The third kappa shape index (κ3) is 4.61. The van der Waals surface area contributed by atoms with E-state index in [1.165, 1.54) is 0 Å². The van der Waals surface area contributed by atoms with Crippen LogP contribution >= 0.6 is 0 Å². The summed E-state index contributed by atoms with van der Waals surface area (Å²) in [6, 6.07) is 16.9. The van der Waals surface area contributed by atoms with Crippen LogP contribution in [0.1, 0.15) is 35.9 Å². The summed E-state index contributed by atoms with van der Waals surface area (Å²) in [7, 11) is 0. The number of phenols is 1. The van der Waals surface area contributed by atoms with Crippen LogP contribution in [0.5, 0.6) is 5.75 Å². The van der Waals surface area contributed by atoms with E-state index in [2.05, 4.69) is 35.5 Å². The SMILES string of the molecule is C=CCN1C[C@H](C)N([C@@H](NC(=O)c2ccccc2)c2cccc(O)c2)C[C@H]1C. The van der Waals surface area contributed by atoms with Gasteiger partial charge in [0, 0.05) is 37.3 Å². The Kier molecular flexibility index (Phi) is 6.49. The zero-order valence-electron chi connectivity index (χ0n) is 16.6. The smallest absolute Gasteiger partial charge is 0.252 e. The van der Waals surface area contributed by atoms with Gasteiger partial charge in [0.25, 0.3) is 5.91 Å². The monoisotopic (exact) mass is 379 g/mol.